The summed E-state index contributed by atoms with van der Waals surface area (Å²) < 4.78 is 6.34. The fourth-order valence-corrected chi connectivity index (χ4v) is 4.23. The normalized spacial score (nSPS) is 14.6. The Kier molecular flexibility index (Phi) is 8.68. The third kappa shape index (κ3) is 6.29. The van der Waals surface area contributed by atoms with Gasteiger partial charge in [0.1, 0.15) is 23.2 Å². The van der Waals surface area contributed by atoms with Crippen LogP contribution in [0.2, 0.25) is 0 Å². The highest BCUT2D eigenvalue weighted by Gasteiger charge is 2.27. The zero-order valence-corrected chi connectivity index (χ0v) is 21.4. The molecule has 1 amide bonds. The number of hydrogen-bond acceptors (Lipinski definition) is 6. The molecule has 7 nitrogen and oxygen atoms in total. The number of benzene rings is 2. The second-order valence-corrected chi connectivity index (χ2v) is 8.98. The molecular weight excluding hydrogens is 450 g/mol. The smallest absolute Gasteiger partial charge is 0.259 e. The van der Waals surface area contributed by atoms with E-state index in [0.29, 0.717) is 36.8 Å². The van der Waals surface area contributed by atoms with E-state index in [0.717, 1.165) is 36.3 Å². The molecule has 0 aliphatic carbocycles. The number of aromatic nitrogens is 2. The lowest BCUT2D eigenvalue weighted by Gasteiger charge is -2.22. The molecule has 0 fully saturated rings. The van der Waals surface area contributed by atoms with Gasteiger partial charge >= 0.3 is 0 Å². The molecule has 188 valence electrons. The number of nitrogens with zero attached hydrogens (tertiary/aromatic N) is 4. The highest BCUT2D eigenvalue weighted by Crippen LogP contribution is 2.26. The number of carbonyl (C=O) groups is 1. The molecule has 0 bridgehead atoms. The minimum absolute atomic E-state index is 0.0271. The van der Waals surface area contributed by atoms with Gasteiger partial charge in [0.05, 0.1) is 0 Å². The number of amides is 1. The van der Waals surface area contributed by atoms with Crippen LogP contribution < -0.4 is 15.0 Å². The summed E-state index contributed by atoms with van der Waals surface area (Å²) in [6, 6.07) is 18.3. The Bertz CT molecular complexity index is 1160. The van der Waals surface area contributed by atoms with Crippen molar-refractivity contribution < 1.29 is 9.53 Å². The average molecular weight is 486 g/mol. The molecule has 36 heavy (non-hydrogen) atoms. The van der Waals surface area contributed by atoms with Gasteiger partial charge < -0.3 is 19.9 Å². The largest absolute Gasteiger partial charge is 0.486 e. The maximum absolute atomic E-state index is 13.4. The highest BCUT2D eigenvalue weighted by atomic mass is 16.5. The van der Waals surface area contributed by atoms with Crippen molar-refractivity contribution >= 4 is 17.8 Å². The molecule has 4 rings (SSSR count). The first-order chi connectivity index (χ1) is 17.6. The molecule has 3 aromatic rings. The van der Waals surface area contributed by atoms with Crippen molar-refractivity contribution in [3.63, 3.8) is 0 Å². The van der Waals surface area contributed by atoms with Gasteiger partial charge in [-0.05, 0) is 49.3 Å². The molecule has 1 atom stereocenters. The van der Waals surface area contributed by atoms with E-state index >= 15 is 0 Å². The van der Waals surface area contributed by atoms with Gasteiger partial charge in [-0.2, -0.15) is 0 Å². The van der Waals surface area contributed by atoms with Gasteiger partial charge in [0.15, 0.2) is 5.82 Å². The van der Waals surface area contributed by atoms with Crippen LogP contribution in [-0.2, 0) is 6.54 Å². The van der Waals surface area contributed by atoms with Crippen molar-refractivity contribution in [3.05, 3.63) is 89.4 Å². The van der Waals surface area contributed by atoms with Crippen molar-refractivity contribution in [1.82, 2.24) is 20.2 Å². The van der Waals surface area contributed by atoms with Crippen LogP contribution >= 0.6 is 0 Å². The number of nitrogens with one attached hydrogen (secondary N) is 1. The number of fused-ring (bicyclic) bond motifs is 1. The number of rotatable bonds is 10. The molecule has 0 radical (unpaired) electrons. The van der Waals surface area contributed by atoms with E-state index in [1.807, 2.05) is 78.5 Å². The number of carbonyl (C=O) groups excluding carboxylic acids is 1. The molecule has 0 saturated heterocycles. The summed E-state index contributed by atoms with van der Waals surface area (Å²) in [5.41, 5.74) is 2.75. The molecule has 1 aliphatic rings. The van der Waals surface area contributed by atoms with E-state index in [-0.39, 0.29) is 12.0 Å². The summed E-state index contributed by atoms with van der Waals surface area (Å²) in [6.07, 6.45) is 7.32. The fourth-order valence-electron chi connectivity index (χ4n) is 4.23. The summed E-state index contributed by atoms with van der Waals surface area (Å²) in [6.45, 7) is 4.77. The Balaban J connectivity index is 1.46. The van der Waals surface area contributed by atoms with Crippen molar-refractivity contribution in [2.75, 3.05) is 38.6 Å². The van der Waals surface area contributed by atoms with Gasteiger partial charge in [0.25, 0.3) is 5.91 Å². The van der Waals surface area contributed by atoms with Crippen LogP contribution in [-0.4, -0.2) is 54.5 Å². The summed E-state index contributed by atoms with van der Waals surface area (Å²) in [4.78, 5) is 26.3. The lowest BCUT2D eigenvalue weighted by molar-refractivity contribution is 0.0754. The Morgan fingerprint density at radius 3 is 2.61 bits per heavy atom. The number of allylic oxidation sites excluding steroid dienone is 1. The van der Waals surface area contributed by atoms with Gasteiger partial charge in [-0.15, -0.1) is 0 Å². The first-order valence-corrected chi connectivity index (χ1v) is 12.6. The van der Waals surface area contributed by atoms with Gasteiger partial charge in [-0.3, -0.25) is 4.79 Å². The van der Waals surface area contributed by atoms with E-state index < -0.39 is 0 Å². The lowest BCUT2D eigenvalue weighted by Crippen LogP contribution is -2.33. The van der Waals surface area contributed by atoms with Gasteiger partial charge in [0.2, 0.25) is 0 Å². The second kappa shape index (κ2) is 12.3. The van der Waals surface area contributed by atoms with E-state index in [9.17, 15) is 4.79 Å². The number of likely N-dealkylation sites (N-methyl/N-ethyl adjacent to an activating group) is 1. The minimum atomic E-state index is -0.0445. The van der Waals surface area contributed by atoms with Crippen LogP contribution in [0.15, 0.2) is 66.9 Å². The summed E-state index contributed by atoms with van der Waals surface area (Å²) in [5.74, 6) is 2.09. The van der Waals surface area contributed by atoms with Crippen molar-refractivity contribution in [1.29, 1.82) is 0 Å². The maximum Gasteiger partial charge on any atom is 0.259 e. The molecule has 0 spiro atoms. The van der Waals surface area contributed by atoms with Crippen molar-refractivity contribution in [2.24, 2.45) is 0 Å². The van der Waals surface area contributed by atoms with Crippen LogP contribution in [0, 0.1) is 0 Å². The first kappa shape index (κ1) is 25.4. The van der Waals surface area contributed by atoms with Crippen LogP contribution in [0.4, 0.5) is 5.82 Å². The second-order valence-electron chi connectivity index (χ2n) is 8.98. The van der Waals surface area contributed by atoms with Gasteiger partial charge in [-0.1, -0.05) is 55.5 Å². The Morgan fingerprint density at radius 2 is 1.89 bits per heavy atom. The molecule has 0 unspecified atom stereocenters. The number of hydrogen-bond donors (Lipinski definition) is 1. The quantitative estimate of drug-likeness (QED) is 0.448. The average Bonchev–Trinajstić information content (AvgIpc) is 3.03. The predicted molar refractivity (Wildman–Crippen MR) is 144 cm³/mol. The van der Waals surface area contributed by atoms with E-state index in [1.165, 1.54) is 0 Å². The lowest BCUT2D eigenvalue weighted by atomic mass is 10.1. The Hall–Kier alpha value is -3.71. The van der Waals surface area contributed by atoms with Crippen LogP contribution in [0.25, 0.3) is 6.08 Å². The third-order valence-electron chi connectivity index (χ3n) is 6.28. The van der Waals surface area contributed by atoms with E-state index in [1.54, 1.807) is 6.20 Å². The summed E-state index contributed by atoms with van der Waals surface area (Å²) >= 11 is 0. The Labute approximate surface area is 213 Å². The molecule has 1 aromatic heterocycles. The maximum atomic E-state index is 13.4. The number of ether oxygens (including phenoxy) is 1. The molecule has 2 aromatic carbocycles. The predicted octanol–water partition coefficient (Wildman–Crippen LogP) is 4.72. The summed E-state index contributed by atoms with van der Waals surface area (Å²) in [5, 5.41) is 3.21. The monoisotopic (exact) mass is 485 g/mol. The van der Waals surface area contributed by atoms with Gasteiger partial charge in [0, 0.05) is 39.3 Å². The molecular formula is C29H35N5O2. The van der Waals surface area contributed by atoms with Crippen molar-refractivity contribution in [2.45, 2.75) is 32.4 Å². The Morgan fingerprint density at radius 1 is 1.11 bits per heavy atom. The standard InChI is InChI=1S/C29H35N5O2/c1-4-5-11-27-31-20-25-28(32-27)33(3)18-19-34(29(25)35)21-22-12-14-24(15-13-22)36-26(16-17-30-2)23-9-7-6-8-10-23/h5-15,20,26,30H,4,16-19,21H2,1-3H3/b11-5+/t26-/m0/s1. The van der Waals surface area contributed by atoms with Crippen LogP contribution in [0.3, 0.4) is 0 Å². The zero-order valence-electron chi connectivity index (χ0n) is 21.4. The van der Waals surface area contributed by atoms with Gasteiger partial charge in [-0.25, -0.2) is 9.97 Å². The fraction of sp³-hybridized carbons (Fsp3) is 0.345. The topological polar surface area (TPSA) is 70.6 Å². The molecule has 2 heterocycles. The minimum Gasteiger partial charge on any atom is -0.486 e. The van der Waals surface area contributed by atoms with Crippen LogP contribution in [0.5, 0.6) is 5.75 Å². The molecule has 7 heteroatoms. The SMILES string of the molecule is CC/C=C/c1ncc2c(n1)N(C)CCN(Cc1ccc(O[C@@H](CCNC)c3ccccc3)cc1)C2=O. The highest BCUT2D eigenvalue weighted by molar-refractivity contribution is 5.99. The first-order valence-electron chi connectivity index (χ1n) is 12.6. The van der Waals surface area contributed by atoms with Crippen molar-refractivity contribution in [3.8, 4) is 5.75 Å². The zero-order chi connectivity index (χ0) is 25.3. The molecule has 1 aliphatic heterocycles. The molecule has 0 saturated carbocycles. The van der Waals surface area contributed by atoms with Crippen LogP contribution in [0.1, 0.15) is 53.2 Å². The van der Waals surface area contributed by atoms with E-state index in [4.69, 9.17) is 4.74 Å². The third-order valence-corrected chi connectivity index (χ3v) is 6.28. The number of anilines is 1. The van der Waals surface area contributed by atoms with E-state index in [2.05, 4.69) is 34.3 Å². The summed E-state index contributed by atoms with van der Waals surface area (Å²) in [7, 11) is 3.92. The molecule has 1 N–H and O–H groups in total.